The van der Waals surface area contributed by atoms with Crippen molar-refractivity contribution in [3.05, 3.63) is 11.9 Å². The first-order valence-corrected chi connectivity index (χ1v) is 6.25. The van der Waals surface area contributed by atoms with Gasteiger partial charge >= 0.3 is 0 Å². The third-order valence-corrected chi connectivity index (χ3v) is 3.50. The molecule has 0 aromatic carbocycles. The van der Waals surface area contributed by atoms with Gasteiger partial charge in [-0.05, 0) is 25.7 Å². The summed E-state index contributed by atoms with van der Waals surface area (Å²) in [5, 5.41) is 3.51. The van der Waals surface area contributed by atoms with Crippen molar-refractivity contribution in [1.82, 2.24) is 9.97 Å². The summed E-state index contributed by atoms with van der Waals surface area (Å²) in [6.45, 7) is 4.29. The normalized spacial score (nSPS) is 24.4. The van der Waals surface area contributed by atoms with Crippen molar-refractivity contribution in [3.63, 3.8) is 0 Å². The lowest BCUT2D eigenvalue weighted by molar-refractivity contribution is 0.358. The Hall–Kier alpha value is -1.36. The second kappa shape index (κ2) is 5.31. The second-order valence-electron chi connectivity index (χ2n) is 4.95. The molecule has 0 bridgehead atoms. The molecule has 1 fully saturated rings. The highest BCUT2D eigenvalue weighted by atomic mass is 15.3. The van der Waals surface area contributed by atoms with Crippen molar-refractivity contribution in [2.24, 2.45) is 11.8 Å². The zero-order valence-corrected chi connectivity index (χ0v) is 10.5. The molecule has 1 aliphatic carbocycles. The quantitative estimate of drug-likeness (QED) is 0.552. The molecular formula is C12H21N5. The molecule has 0 aliphatic heterocycles. The Bertz CT molecular complexity index is 379. The number of hydrazine groups is 1. The van der Waals surface area contributed by atoms with Gasteiger partial charge in [-0.3, -0.25) is 0 Å². The fourth-order valence-corrected chi connectivity index (χ4v) is 2.50. The molecule has 17 heavy (non-hydrogen) atoms. The van der Waals surface area contributed by atoms with Gasteiger partial charge in [0.25, 0.3) is 0 Å². The van der Waals surface area contributed by atoms with Crippen molar-refractivity contribution in [1.29, 1.82) is 0 Å². The number of aromatic nitrogens is 2. The van der Waals surface area contributed by atoms with Crippen LogP contribution in [-0.2, 0) is 0 Å². The van der Waals surface area contributed by atoms with E-state index in [1.807, 2.05) is 6.92 Å². The maximum Gasteiger partial charge on any atom is 0.148 e. The largest absolute Gasteiger partial charge is 0.367 e. The minimum atomic E-state index is 0.526. The summed E-state index contributed by atoms with van der Waals surface area (Å²) in [5.74, 6) is 7.79. The molecule has 2 rings (SSSR count). The van der Waals surface area contributed by atoms with Crippen LogP contribution in [0.5, 0.6) is 0 Å². The van der Waals surface area contributed by atoms with E-state index in [0.717, 1.165) is 17.3 Å². The van der Waals surface area contributed by atoms with Gasteiger partial charge in [-0.1, -0.05) is 19.8 Å². The van der Waals surface area contributed by atoms with Gasteiger partial charge in [0.1, 0.15) is 18.0 Å². The van der Waals surface area contributed by atoms with Crippen molar-refractivity contribution >= 4 is 11.6 Å². The number of rotatable bonds is 3. The van der Waals surface area contributed by atoms with Crippen LogP contribution in [0.2, 0.25) is 0 Å². The molecule has 0 saturated heterocycles. The average Bonchev–Trinajstić information content (AvgIpc) is 2.32. The number of nitrogens with one attached hydrogen (secondary N) is 2. The second-order valence-corrected chi connectivity index (χ2v) is 4.95. The van der Waals surface area contributed by atoms with Gasteiger partial charge in [0.15, 0.2) is 0 Å². The third kappa shape index (κ3) is 2.85. The minimum Gasteiger partial charge on any atom is -0.367 e. The summed E-state index contributed by atoms with van der Waals surface area (Å²) in [6, 6.07) is 0.526. The predicted molar refractivity (Wildman–Crippen MR) is 69.6 cm³/mol. The smallest absolute Gasteiger partial charge is 0.148 e. The molecule has 5 heteroatoms. The summed E-state index contributed by atoms with van der Waals surface area (Å²) in [6.07, 6.45) is 6.62. The lowest BCUT2D eigenvalue weighted by Gasteiger charge is -2.28. The van der Waals surface area contributed by atoms with Gasteiger partial charge < -0.3 is 10.7 Å². The summed E-state index contributed by atoms with van der Waals surface area (Å²) >= 11 is 0. The SMILES string of the molecule is Cc1c(NN)ncnc1NC1CCCC(C)C1. The number of hydrogen-bond acceptors (Lipinski definition) is 5. The zero-order chi connectivity index (χ0) is 12.3. The summed E-state index contributed by atoms with van der Waals surface area (Å²) in [5.41, 5.74) is 3.57. The molecule has 0 spiro atoms. The third-order valence-electron chi connectivity index (χ3n) is 3.50. The Balaban J connectivity index is 2.07. The van der Waals surface area contributed by atoms with E-state index in [0.29, 0.717) is 11.9 Å². The number of nitrogen functional groups attached to an aromatic ring is 1. The van der Waals surface area contributed by atoms with E-state index in [1.165, 1.54) is 32.0 Å². The van der Waals surface area contributed by atoms with Crippen LogP contribution in [0.1, 0.15) is 38.2 Å². The molecule has 0 amide bonds. The van der Waals surface area contributed by atoms with E-state index in [9.17, 15) is 0 Å². The Morgan fingerprint density at radius 2 is 2.06 bits per heavy atom. The monoisotopic (exact) mass is 235 g/mol. The molecule has 1 heterocycles. The van der Waals surface area contributed by atoms with Gasteiger partial charge in [-0.25, -0.2) is 15.8 Å². The van der Waals surface area contributed by atoms with Crippen LogP contribution in [-0.4, -0.2) is 16.0 Å². The molecule has 0 radical (unpaired) electrons. The van der Waals surface area contributed by atoms with Crippen molar-refractivity contribution in [3.8, 4) is 0 Å². The van der Waals surface area contributed by atoms with Gasteiger partial charge in [0.2, 0.25) is 0 Å². The van der Waals surface area contributed by atoms with Gasteiger partial charge in [-0.15, -0.1) is 0 Å². The van der Waals surface area contributed by atoms with Crippen molar-refractivity contribution < 1.29 is 0 Å². The highest BCUT2D eigenvalue weighted by molar-refractivity contribution is 5.56. The molecular weight excluding hydrogens is 214 g/mol. The standard InChI is InChI=1S/C12H21N5/c1-8-4-3-5-10(6-8)16-11-9(2)12(17-13)15-7-14-11/h7-8,10H,3-6,13H2,1-2H3,(H2,14,15,16,17). The molecule has 4 N–H and O–H groups in total. The molecule has 1 saturated carbocycles. The fraction of sp³-hybridized carbons (Fsp3) is 0.667. The van der Waals surface area contributed by atoms with Crippen molar-refractivity contribution in [2.45, 2.75) is 45.6 Å². The van der Waals surface area contributed by atoms with Crippen LogP contribution in [0.25, 0.3) is 0 Å². The maximum absolute atomic E-state index is 5.41. The topological polar surface area (TPSA) is 75.9 Å². The van der Waals surface area contributed by atoms with Crippen LogP contribution < -0.4 is 16.6 Å². The summed E-state index contributed by atoms with van der Waals surface area (Å²) < 4.78 is 0. The van der Waals surface area contributed by atoms with Crippen LogP contribution >= 0.6 is 0 Å². The van der Waals surface area contributed by atoms with E-state index in [4.69, 9.17) is 5.84 Å². The Kier molecular flexibility index (Phi) is 3.78. The van der Waals surface area contributed by atoms with E-state index >= 15 is 0 Å². The van der Waals surface area contributed by atoms with Crippen LogP contribution in [0, 0.1) is 12.8 Å². The first-order chi connectivity index (χ1) is 8.20. The maximum atomic E-state index is 5.41. The molecule has 1 aliphatic rings. The zero-order valence-electron chi connectivity index (χ0n) is 10.5. The molecule has 1 aromatic rings. The van der Waals surface area contributed by atoms with E-state index in [-0.39, 0.29) is 0 Å². The van der Waals surface area contributed by atoms with Crippen LogP contribution in [0.4, 0.5) is 11.6 Å². The molecule has 94 valence electrons. The summed E-state index contributed by atoms with van der Waals surface area (Å²) in [4.78, 5) is 8.37. The molecule has 2 unspecified atom stereocenters. The van der Waals surface area contributed by atoms with Gasteiger partial charge in [0.05, 0.1) is 0 Å². The van der Waals surface area contributed by atoms with E-state index in [1.54, 1.807) is 0 Å². The Morgan fingerprint density at radius 1 is 1.29 bits per heavy atom. The first kappa shape index (κ1) is 12.1. The summed E-state index contributed by atoms with van der Waals surface area (Å²) in [7, 11) is 0. The number of anilines is 2. The molecule has 1 aromatic heterocycles. The Labute approximate surface area is 102 Å². The lowest BCUT2D eigenvalue weighted by Crippen LogP contribution is -2.27. The van der Waals surface area contributed by atoms with Crippen LogP contribution in [0.3, 0.4) is 0 Å². The average molecular weight is 235 g/mol. The van der Waals surface area contributed by atoms with E-state index in [2.05, 4.69) is 27.6 Å². The van der Waals surface area contributed by atoms with E-state index < -0.39 is 0 Å². The highest BCUT2D eigenvalue weighted by Gasteiger charge is 2.19. The molecule has 2 atom stereocenters. The van der Waals surface area contributed by atoms with Crippen LogP contribution in [0.15, 0.2) is 6.33 Å². The number of hydrogen-bond donors (Lipinski definition) is 3. The fourth-order valence-electron chi connectivity index (χ4n) is 2.50. The van der Waals surface area contributed by atoms with Gasteiger partial charge in [0, 0.05) is 11.6 Å². The van der Waals surface area contributed by atoms with Gasteiger partial charge in [-0.2, -0.15) is 0 Å². The number of nitrogens with two attached hydrogens (primary N) is 1. The highest BCUT2D eigenvalue weighted by Crippen LogP contribution is 2.27. The Morgan fingerprint density at radius 3 is 2.76 bits per heavy atom. The first-order valence-electron chi connectivity index (χ1n) is 6.25. The molecule has 5 nitrogen and oxygen atoms in total. The number of nitrogens with zero attached hydrogens (tertiary/aromatic N) is 2. The van der Waals surface area contributed by atoms with Crippen molar-refractivity contribution in [2.75, 3.05) is 10.7 Å². The minimum absolute atomic E-state index is 0.526. The lowest BCUT2D eigenvalue weighted by atomic mass is 9.87. The predicted octanol–water partition coefficient (Wildman–Crippen LogP) is 2.06.